The number of halogens is 2. The molecule has 0 radical (unpaired) electrons. The lowest BCUT2D eigenvalue weighted by Gasteiger charge is -2.34. The van der Waals surface area contributed by atoms with Crippen LogP contribution in [-0.2, 0) is 4.79 Å². The molecule has 5 heteroatoms. The van der Waals surface area contributed by atoms with Crippen molar-refractivity contribution in [2.24, 2.45) is 0 Å². The maximum atomic E-state index is 13.5. The van der Waals surface area contributed by atoms with E-state index in [1.54, 1.807) is 14.0 Å². The van der Waals surface area contributed by atoms with Crippen molar-refractivity contribution < 1.29 is 14.3 Å². The Morgan fingerprint density at radius 3 is 2.47 bits per heavy atom. The lowest BCUT2D eigenvalue weighted by Crippen LogP contribution is -2.48. The maximum Gasteiger partial charge on any atom is 0.328 e. The number of nitrogens with zero attached hydrogens (tertiary/aromatic N) is 1. The molecule has 0 saturated carbocycles. The van der Waals surface area contributed by atoms with Crippen molar-refractivity contribution in [1.29, 1.82) is 0 Å². The Morgan fingerprint density at radius 2 is 2.00 bits per heavy atom. The summed E-state index contributed by atoms with van der Waals surface area (Å²) < 4.78 is 13.5. The monoisotopic (exact) mass is 259 g/mol. The van der Waals surface area contributed by atoms with Crippen LogP contribution < -0.4 is 4.90 Å². The third-order valence-electron chi connectivity index (χ3n) is 2.95. The van der Waals surface area contributed by atoms with Gasteiger partial charge in [0.2, 0.25) is 0 Å². The number of benzene rings is 1. The highest BCUT2D eigenvalue weighted by atomic mass is 35.5. The molecular weight excluding hydrogens is 245 g/mol. The second kappa shape index (κ2) is 4.53. The molecule has 3 nitrogen and oxygen atoms in total. The summed E-state index contributed by atoms with van der Waals surface area (Å²) >= 11 is 6.01. The summed E-state index contributed by atoms with van der Waals surface area (Å²) in [6.45, 7) is 4.67. The average Bonchev–Trinajstić information content (AvgIpc) is 2.22. The molecule has 0 heterocycles. The fourth-order valence-electron chi connectivity index (χ4n) is 1.34. The molecule has 1 aromatic carbocycles. The molecule has 94 valence electrons. The number of carboxylic acids is 1. The summed E-state index contributed by atoms with van der Waals surface area (Å²) in [5.74, 6) is -1.41. The van der Waals surface area contributed by atoms with Crippen LogP contribution in [0.25, 0.3) is 0 Å². The molecule has 0 amide bonds. The summed E-state index contributed by atoms with van der Waals surface area (Å²) in [5, 5.41) is 9.44. The van der Waals surface area contributed by atoms with Gasteiger partial charge in [-0.05, 0) is 38.5 Å². The number of carbonyl (C=O) groups is 1. The third kappa shape index (κ3) is 2.52. The SMILES string of the molecule is Cc1cc(Cl)c(N(C)C(C)(C)C(=O)O)cc1F. The largest absolute Gasteiger partial charge is 0.480 e. The van der Waals surface area contributed by atoms with Crippen LogP contribution in [0.3, 0.4) is 0 Å². The van der Waals surface area contributed by atoms with Crippen LogP contribution in [0.2, 0.25) is 5.02 Å². The van der Waals surface area contributed by atoms with Gasteiger partial charge in [0.05, 0.1) is 10.7 Å². The number of hydrogen-bond acceptors (Lipinski definition) is 2. The number of hydrogen-bond donors (Lipinski definition) is 1. The fraction of sp³-hybridized carbons (Fsp3) is 0.417. The van der Waals surface area contributed by atoms with Crippen LogP contribution in [0.4, 0.5) is 10.1 Å². The van der Waals surface area contributed by atoms with Crippen molar-refractivity contribution in [1.82, 2.24) is 0 Å². The Labute approximate surface area is 105 Å². The highest BCUT2D eigenvalue weighted by Crippen LogP contribution is 2.32. The molecular formula is C12H15ClFNO2. The predicted octanol–water partition coefficient (Wildman–Crippen LogP) is 3.09. The summed E-state index contributed by atoms with van der Waals surface area (Å²) in [7, 11) is 1.57. The van der Waals surface area contributed by atoms with Gasteiger partial charge in [0, 0.05) is 7.05 Å². The van der Waals surface area contributed by atoms with E-state index < -0.39 is 17.3 Å². The van der Waals surface area contributed by atoms with Crippen LogP contribution >= 0.6 is 11.6 Å². The number of aliphatic carboxylic acids is 1. The highest BCUT2D eigenvalue weighted by Gasteiger charge is 2.33. The molecule has 1 aromatic rings. The molecule has 0 unspecified atom stereocenters. The molecule has 17 heavy (non-hydrogen) atoms. The minimum absolute atomic E-state index is 0.334. The first-order valence-electron chi connectivity index (χ1n) is 5.10. The van der Waals surface area contributed by atoms with Crippen molar-refractivity contribution in [3.8, 4) is 0 Å². The van der Waals surface area contributed by atoms with Crippen LogP contribution in [-0.4, -0.2) is 23.7 Å². The lowest BCUT2D eigenvalue weighted by molar-refractivity contribution is -0.142. The van der Waals surface area contributed by atoms with E-state index in [0.717, 1.165) is 0 Å². The standard InChI is InChI=1S/C12H15ClFNO2/c1-7-5-8(13)10(6-9(7)14)15(4)12(2,3)11(16)17/h5-6H,1-4H3,(H,16,17). The lowest BCUT2D eigenvalue weighted by atomic mass is 10.0. The van der Waals surface area contributed by atoms with Crippen LogP contribution in [0.15, 0.2) is 12.1 Å². The number of likely N-dealkylation sites (N-methyl/N-ethyl adjacent to an activating group) is 1. The first-order chi connectivity index (χ1) is 7.67. The Bertz CT molecular complexity index is 460. The van der Waals surface area contributed by atoms with Gasteiger partial charge in [-0.25, -0.2) is 9.18 Å². The Morgan fingerprint density at radius 1 is 1.47 bits per heavy atom. The predicted molar refractivity (Wildman–Crippen MR) is 66.3 cm³/mol. The van der Waals surface area contributed by atoms with Gasteiger partial charge in [-0.15, -0.1) is 0 Å². The maximum absolute atomic E-state index is 13.5. The first-order valence-corrected chi connectivity index (χ1v) is 5.48. The Hall–Kier alpha value is -1.29. The molecule has 0 spiro atoms. The van der Waals surface area contributed by atoms with Crippen molar-refractivity contribution in [2.45, 2.75) is 26.3 Å². The highest BCUT2D eigenvalue weighted by molar-refractivity contribution is 6.33. The van der Waals surface area contributed by atoms with Crippen molar-refractivity contribution >= 4 is 23.3 Å². The summed E-state index contributed by atoms with van der Waals surface area (Å²) in [4.78, 5) is 12.6. The molecule has 1 rings (SSSR count). The molecule has 1 N–H and O–H groups in total. The van der Waals surface area contributed by atoms with Crippen molar-refractivity contribution in [3.63, 3.8) is 0 Å². The zero-order chi connectivity index (χ0) is 13.4. The molecule has 0 saturated heterocycles. The third-order valence-corrected chi connectivity index (χ3v) is 3.25. The molecule has 0 atom stereocenters. The number of rotatable bonds is 3. The molecule has 0 fully saturated rings. The summed E-state index contributed by atoms with van der Waals surface area (Å²) in [6.07, 6.45) is 0. The Balaban J connectivity index is 3.26. The second-order valence-corrected chi connectivity index (χ2v) is 4.88. The van der Waals surface area contributed by atoms with Gasteiger partial charge in [-0.1, -0.05) is 11.6 Å². The smallest absolute Gasteiger partial charge is 0.328 e. The average molecular weight is 260 g/mol. The van der Waals surface area contributed by atoms with E-state index >= 15 is 0 Å². The van der Waals surface area contributed by atoms with E-state index in [-0.39, 0.29) is 0 Å². The molecule has 0 bridgehead atoms. The van der Waals surface area contributed by atoms with E-state index in [4.69, 9.17) is 16.7 Å². The van der Waals surface area contributed by atoms with Gasteiger partial charge in [0.15, 0.2) is 0 Å². The minimum Gasteiger partial charge on any atom is -0.480 e. The topological polar surface area (TPSA) is 40.5 Å². The summed E-state index contributed by atoms with van der Waals surface area (Å²) in [6, 6.07) is 2.74. The summed E-state index contributed by atoms with van der Waals surface area (Å²) in [5.41, 5.74) is -0.367. The normalized spacial score (nSPS) is 11.4. The number of carboxylic acid groups (broad SMARTS) is 1. The van der Waals surface area contributed by atoms with Crippen LogP contribution in [0.5, 0.6) is 0 Å². The molecule has 0 aromatic heterocycles. The minimum atomic E-state index is -1.16. The first kappa shape index (κ1) is 13.8. The van der Waals surface area contributed by atoms with E-state index in [1.807, 2.05) is 0 Å². The zero-order valence-corrected chi connectivity index (χ0v) is 11.0. The van der Waals surface area contributed by atoms with E-state index in [9.17, 15) is 9.18 Å². The second-order valence-electron chi connectivity index (χ2n) is 4.48. The van der Waals surface area contributed by atoms with E-state index in [2.05, 4.69) is 0 Å². The number of anilines is 1. The molecule has 0 aliphatic heterocycles. The Kier molecular flexibility index (Phi) is 3.67. The van der Waals surface area contributed by atoms with E-state index in [1.165, 1.54) is 30.9 Å². The fourth-order valence-corrected chi connectivity index (χ4v) is 1.68. The van der Waals surface area contributed by atoms with Gasteiger partial charge >= 0.3 is 5.97 Å². The van der Waals surface area contributed by atoms with Gasteiger partial charge in [-0.3, -0.25) is 0 Å². The van der Waals surface area contributed by atoms with Crippen LogP contribution in [0, 0.1) is 12.7 Å². The van der Waals surface area contributed by atoms with Gasteiger partial charge in [-0.2, -0.15) is 0 Å². The van der Waals surface area contributed by atoms with Crippen molar-refractivity contribution in [3.05, 3.63) is 28.5 Å². The van der Waals surface area contributed by atoms with Gasteiger partial charge in [0.1, 0.15) is 11.4 Å². The van der Waals surface area contributed by atoms with Gasteiger partial charge < -0.3 is 10.0 Å². The van der Waals surface area contributed by atoms with Crippen molar-refractivity contribution in [2.75, 3.05) is 11.9 Å². The van der Waals surface area contributed by atoms with E-state index in [0.29, 0.717) is 16.3 Å². The molecule has 0 aliphatic rings. The quantitative estimate of drug-likeness (QED) is 0.907. The van der Waals surface area contributed by atoms with Gasteiger partial charge in [0.25, 0.3) is 0 Å². The molecule has 0 aliphatic carbocycles. The number of aryl methyl sites for hydroxylation is 1. The van der Waals surface area contributed by atoms with Crippen LogP contribution in [0.1, 0.15) is 19.4 Å². The zero-order valence-electron chi connectivity index (χ0n) is 10.2.